The van der Waals surface area contributed by atoms with Gasteiger partial charge in [0.1, 0.15) is 0 Å². The number of hydrogen-bond donors (Lipinski definition) is 1. The fourth-order valence-corrected chi connectivity index (χ4v) is 1.60. The molecule has 1 aliphatic rings. The van der Waals surface area contributed by atoms with Crippen LogP contribution in [0.15, 0.2) is 18.2 Å². The van der Waals surface area contributed by atoms with Crippen LogP contribution in [0.2, 0.25) is 10.0 Å². The van der Waals surface area contributed by atoms with E-state index < -0.39 is 0 Å². The van der Waals surface area contributed by atoms with Gasteiger partial charge in [0.05, 0.1) is 10.0 Å². The summed E-state index contributed by atoms with van der Waals surface area (Å²) in [5, 5.41) is 4.50. The second kappa shape index (κ2) is 4.52. The van der Waals surface area contributed by atoms with Gasteiger partial charge in [-0.3, -0.25) is 0 Å². The van der Waals surface area contributed by atoms with Crippen molar-refractivity contribution in [2.75, 3.05) is 13.1 Å². The lowest BCUT2D eigenvalue weighted by Crippen LogP contribution is -2.39. The molecule has 1 aromatic rings. The molecule has 1 aliphatic heterocycles. The molecule has 4 heteroatoms. The second-order valence-corrected chi connectivity index (χ2v) is 3.84. The summed E-state index contributed by atoms with van der Waals surface area (Å²) in [5.41, 5.74) is 1.28. The van der Waals surface area contributed by atoms with Crippen molar-refractivity contribution in [2.24, 2.45) is 0 Å². The summed E-state index contributed by atoms with van der Waals surface area (Å²) in [6.07, 6.45) is 0. The fourth-order valence-electron chi connectivity index (χ4n) is 1.29. The number of benzene rings is 1. The Labute approximate surface area is 93.8 Å². The molecule has 13 heavy (non-hydrogen) atoms. The molecular weight excluding hydrogens is 228 g/mol. The monoisotopic (exact) mass is 237 g/mol. The summed E-state index contributed by atoms with van der Waals surface area (Å²) in [7, 11) is 0. The summed E-state index contributed by atoms with van der Waals surface area (Å²) in [6, 6.07) is 5.85. The molecule has 0 amide bonds. The Balaban J connectivity index is 0.000000845. The van der Waals surface area contributed by atoms with Crippen molar-refractivity contribution in [3.63, 3.8) is 0 Å². The Kier molecular flexibility index (Phi) is 3.87. The summed E-state index contributed by atoms with van der Waals surface area (Å²) < 4.78 is 0. The molecule has 72 valence electrons. The highest BCUT2D eigenvalue weighted by Crippen LogP contribution is 2.27. The van der Waals surface area contributed by atoms with E-state index in [9.17, 15) is 0 Å². The highest BCUT2D eigenvalue weighted by molar-refractivity contribution is 6.42. The molecule has 1 N–H and O–H groups in total. The Morgan fingerprint density at radius 2 is 1.85 bits per heavy atom. The van der Waals surface area contributed by atoms with Gasteiger partial charge >= 0.3 is 0 Å². The molecule has 1 fully saturated rings. The molecule has 0 spiro atoms. The van der Waals surface area contributed by atoms with Gasteiger partial charge in [-0.25, -0.2) is 0 Å². The van der Waals surface area contributed by atoms with E-state index >= 15 is 0 Å². The lowest BCUT2D eigenvalue weighted by atomic mass is 9.94. The van der Waals surface area contributed by atoms with Gasteiger partial charge < -0.3 is 5.32 Å². The van der Waals surface area contributed by atoms with Gasteiger partial charge in [0.25, 0.3) is 0 Å². The van der Waals surface area contributed by atoms with E-state index in [-0.39, 0.29) is 12.4 Å². The quantitative estimate of drug-likeness (QED) is 0.793. The van der Waals surface area contributed by atoms with Gasteiger partial charge in [-0.2, -0.15) is 0 Å². The van der Waals surface area contributed by atoms with E-state index in [1.165, 1.54) is 5.56 Å². The highest BCUT2D eigenvalue weighted by Gasteiger charge is 2.18. The Bertz CT molecular complexity index is 297. The first-order valence-electron chi connectivity index (χ1n) is 3.93. The lowest BCUT2D eigenvalue weighted by Gasteiger charge is -2.27. The fraction of sp³-hybridized carbons (Fsp3) is 0.333. The van der Waals surface area contributed by atoms with Gasteiger partial charge in [0.15, 0.2) is 0 Å². The van der Waals surface area contributed by atoms with Crippen LogP contribution < -0.4 is 5.32 Å². The molecule has 2 rings (SSSR count). The zero-order chi connectivity index (χ0) is 8.55. The van der Waals surface area contributed by atoms with Crippen molar-refractivity contribution >= 4 is 35.6 Å². The minimum Gasteiger partial charge on any atom is -0.315 e. The van der Waals surface area contributed by atoms with Gasteiger partial charge in [-0.05, 0) is 17.7 Å². The lowest BCUT2D eigenvalue weighted by molar-refractivity contribution is 0.448. The molecule has 1 nitrogen and oxygen atoms in total. The minimum atomic E-state index is 0. The molecular formula is C9H10Cl3N. The van der Waals surface area contributed by atoms with Crippen LogP contribution in [-0.2, 0) is 0 Å². The van der Waals surface area contributed by atoms with Gasteiger partial charge in [0, 0.05) is 19.0 Å². The number of hydrogen-bond acceptors (Lipinski definition) is 1. The Morgan fingerprint density at radius 3 is 2.31 bits per heavy atom. The van der Waals surface area contributed by atoms with Crippen molar-refractivity contribution in [1.29, 1.82) is 0 Å². The molecule has 1 saturated heterocycles. The number of rotatable bonds is 1. The maximum Gasteiger partial charge on any atom is 0.0595 e. The van der Waals surface area contributed by atoms with Crippen LogP contribution in [0.5, 0.6) is 0 Å². The van der Waals surface area contributed by atoms with E-state index in [0.29, 0.717) is 16.0 Å². The molecule has 0 unspecified atom stereocenters. The maximum absolute atomic E-state index is 5.89. The second-order valence-electron chi connectivity index (χ2n) is 3.03. The van der Waals surface area contributed by atoms with Crippen LogP contribution in [0.1, 0.15) is 11.5 Å². The van der Waals surface area contributed by atoms with Gasteiger partial charge in [-0.15, -0.1) is 12.4 Å². The maximum atomic E-state index is 5.89. The van der Waals surface area contributed by atoms with Crippen molar-refractivity contribution in [3.05, 3.63) is 33.8 Å². The van der Waals surface area contributed by atoms with Gasteiger partial charge in [0.2, 0.25) is 0 Å². The first-order valence-corrected chi connectivity index (χ1v) is 4.68. The molecule has 1 heterocycles. The molecule has 0 bridgehead atoms. The summed E-state index contributed by atoms with van der Waals surface area (Å²) in [6.45, 7) is 2.11. The molecule has 0 radical (unpaired) electrons. The standard InChI is InChI=1S/C9H9Cl2N.ClH/c10-8-2-1-6(3-9(8)11)7-4-12-5-7;/h1-3,7,12H,4-5H2;1H. The van der Waals surface area contributed by atoms with Crippen LogP contribution in [0, 0.1) is 0 Å². The van der Waals surface area contributed by atoms with E-state index in [0.717, 1.165) is 13.1 Å². The molecule has 0 aromatic heterocycles. The first-order chi connectivity index (χ1) is 5.77. The highest BCUT2D eigenvalue weighted by atomic mass is 35.5. The van der Waals surface area contributed by atoms with Crippen molar-refractivity contribution in [2.45, 2.75) is 5.92 Å². The predicted molar refractivity (Wildman–Crippen MR) is 59.3 cm³/mol. The zero-order valence-electron chi connectivity index (χ0n) is 6.89. The third-order valence-corrected chi connectivity index (χ3v) is 2.94. The Hall–Kier alpha value is 0.0500. The number of halogens is 3. The smallest absolute Gasteiger partial charge is 0.0595 e. The topological polar surface area (TPSA) is 12.0 Å². The molecule has 0 atom stereocenters. The average molecular weight is 239 g/mol. The minimum absolute atomic E-state index is 0. The third-order valence-electron chi connectivity index (χ3n) is 2.20. The van der Waals surface area contributed by atoms with Crippen LogP contribution in [-0.4, -0.2) is 13.1 Å². The summed E-state index contributed by atoms with van der Waals surface area (Å²) in [5.74, 6) is 0.625. The zero-order valence-corrected chi connectivity index (χ0v) is 9.22. The normalized spacial score (nSPS) is 16.2. The third kappa shape index (κ3) is 2.29. The molecule has 1 aromatic carbocycles. The van der Waals surface area contributed by atoms with Crippen molar-refractivity contribution in [3.8, 4) is 0 Å². The number of nitrogens with one attached hydrogen (secondary N) is 1. The van der Waals surface area contributed by atoms with Crippen molar-refractivity contribution in [1.82, 2.24) is 5.32 Å². The largest absolute Gasteiger partial charge is 0.315 e. The summed E-state index contributed by atoms with van der Waals surface area (Å²) in [4.78, 5) is 0. The Morgan fingerprint density at radius 1 is 1.15 bits per heavy atom. The van der Waals surface area contributed by atoms with Crippen LogP contribution in [0.4, 0.5) is 0 Å². The molecule has 0 saturated carbocycles. The summed E-state index contributed by atoms with van der Waals surface area (Å²) >= 11 is 11.7. The predicted octanol–water partition coefficient (Wildman–Crippen LogP) is 3.10. The van der Waals surface area contributed by atoms with E-state index in [2.05, 4.69) is 5.32 Å². The van der Waals surface area contributed by atoms with E-state index in [1.54, 1.807) is 0 Å². The van der Waals surface area contributed by atoms with Gasteiger partial charge in [-0.1, -0.05) is 29.3 Å². The van der Waals surface area contributed by atoms with E-state index in [1.807, 2.05) is 18.2 Å². The van der Waals surface area contributed by atoms with Crippen LogP contribution >= 0.6 is 35.6 Å². The van der Waals surface area contributed by atoms with Crippen molar-refractivity contribution < 1.29 is 0 Å². The SMILES string of the molecule is Cl.Clc1ccc(C2CNC2)cc1Cl. The van der Waals surface area contributed by atoms with Crippen LogP contribution in [0.25, 0.3) is 0 Å². The van der Waals surface area contributed by atoms with Crippen LogP contribution in [0.3, 0.4) is 0 Å². The average Bonchev–Trinajstić information content (AvgIpc) is 1.93. The first kappa shape index (κ1) is 11.1. The molecule has 0 aliphatic carbocycles. The van der Waals surface area contributed by atoms with E-state index in [4.69, 9.17) is 23.2 Å².